The minimum atomic E-state index is 0.379. The van der Waals surface area contributed by atoms with E-state index in [2.05, 4.69) is 50.5 Å². The molecule has 0 saturated carbocycles. The van der Waals surface area contributed by atoms with Gasteiger partial charge in [0.05, 0.1) is 11.2 Å². The van der Waals surface area contributed by atoms with E-state index in [1.807, 2.05) is 12.1 Å². The third-order valence-corrected chi connectivity index (χ3v) is 3.83. The van der Waals surface area contributed by atoms with Gasteiger partial charge in [0.2, 0.25) is 0 Å². The number of fused-ring (bicyclic) bond motifs is 3. The van der Waals surface area contributed by atoms with Crippen molar-refractivity contribution in [2.45, 2.75) is 26.7 Å². The van der Waals surface area contributed by atoms with Crippen molar-refractivity contribution in [1.82, 2.24) is 4.98 Å². The fourth-order valence-electron chi connectivity index (χ4n) is 2.99. The van der Waals surface area contributed by atoms with Crippen LogP contribution in [-0.2, 0) is 0 Å². The lowest BCUT2D eigenvalue weighted by atomic mass is 9.95. The Hall–Kier alpha value is -2.13. The Balaban J connectivity index is 2.50. The first kappa shape index (κ1) is 12.9. The number of benzene rings is 2. The van der Waals surface area contributed by atoms with E-state index < -0.39 is 0 Å². The molecule has 20 heavy (non-hydrogen) atoms. The van der Waals surface area contributed by atoms with Gasteiger partial charge in [-0.25, -0.2) is 0 Å². The first-order chi connectivity index (χ1) is 9.63. The minimum absolute atomic E-state index is 0.379. The van der Waals surface area contributed by atoms with Gasteiger partial charge in [0.1, 0.15) is 0 Å². The van der Waals surface area contributed by atoms with Crippen molar-refractivity contribution in [3.05, 3.63) is 47.7 Å². The first-order valence-corrected chi connectivity index (χ1v) is 6.92. The van der Waals surface area contributed by atoms with E-state index in [-0.39, 0.29) is 0 Å². The van der Waals surface area contributed by atoms with Gasteiger partial charge in [-0.15, -0.1) is 0 Å². The summed E-state index contributed by atoms with van der Waals surface area (Å²) in [5.41, 5.74) is 7.12. The van der Waals surface area contributed by atoms with Crippen LogP contribution in [0, 0.1) is 6.92 Å². The molecule has 0 atom stereocenters. The number of hydrogen-bond acceptors (Lipinski definition) is 3. The second-order valence-corrected chi connectivity index (χ2v) is 5.47. The van der Waals surface area contributed by atoms with Crippen LogP contribution in [0.15, 0.2) is 36.4 Å². The second kappa shape index (κ2) is 4.76. The fourth-order valence-corrected chi connectivity index (χ4v) is 2.99. The Morgan fingerprint density at radius 2 is 1.80 bits per heavy atom. The lowest BCUT2D eigenvalue weighted by molar-refractivity contribution is 0.848. The fraction of sp³-hybridized carbons (Fsp3) is 0.235. The summed E-state index contributed by atoms with van der Waals surface area (Å²) in [6.45, 7) is 6.38. The summed E-state index contributed by atoms with van der Waals surface area (Å²) < 4.78 is 0. The zero-order valence-corrected chi connectivity index (χ0v) is 12.1. The van der Waals surface area contributed by atoms with Gasteiger partial charge in [-0.2, -0.15) is 0 Å². The van der Waals surface area contributed by atoms with Gasteiger partial charge in [0.15, 0.2) is 0 Å². The molecule has 3 aromatic rings. The number of nitrogens with one attached hydrogen (secondary N) is 1. The van der Waals surface area contributed by atoms with Crippen molar-refractivity contribution in [2.75, 3.05) is 5.43 Å². The minimum Gasteiger partial charge on any atom is -0.323 e. The van der Waals surface area contributed by atoms with Crippen LogP contribution in [-0.4, -0.2) is 4.98 Å². The van der Waals surface area contributed by atoms with Crippen molar-refractivity contribution < 1.29 is 0 Å². The van der Waals surface area contributed by atoms with Crippen molar-refractivity contribution in [1.29, 1.82) is 0 Å². The molecule has 0 aliphatic rings. The largest absolute Gasteiger partial charge is 0.323 e. The number of nitrogen functional groups attached to an aromatic ring is 1. The molecule has 102 valence electrons. The molecule has 1 aromatic heterocycles. The number of rotatable bonds is 2. The standard InChI is InChI=1S/C17H19N3/c1-10(2)15-11(3)19-16-13-7-5-4-6-12(13)8-9-14(16)17(15)20-18/h4-10H,18H2,1-3H3,(H,19,20). The zero-order chi connectivity index (χ0) is 14.3. The van der Waals surface area contributed by atoms with Gasteiger partial charge in [0.25, 0.3) is 0 Å². The van der Waals surface area contributed by atoms with Crippen LogP contribution in [0.4, 0.5) is 5.69 Å². The monoisotopic (exact) mass is 265 g/mol. The maximum Gasteiger partial charge on any atom is 0.0804 e. The SMILES string of the molecule is Cc1nc2c(ccc3ccccc32)c(NN)c1C(C)C. The molecular weight excluding hydrogens is 246 g/mol. The van der Waals surface area contributed by atoms with E-state index in [9.17, 15) is 0 Å². The Bertz CT molecular complexity index is 791. The highest BCUT2D eigenvalue weighted by Gasteiger charge is 2.15. The van der Waals surface area contributed by atoms with E-state index in [1.54, 1.807) is 0 Å². The molecule has 0 fully saturated rings. The molecule has 3 nitrogen and oxygen atoms in total. The van der Waals surface area contributed by atoms with E-state index in [1.165, 1.54) is 16.3 Å². The highest BCUT2D eigenvalue weighted by Crippen LogP contribution is 2.35. The molecule has 0 bridgehead atoms. The van der Waals surface area contributed by atoms with Gasteiger partial charge in [-0.3, -0.25) is 10.8 Å². The van der Waals surface area contributed by atoms with Crippen LogP contribution in [0.5, 0.6) is 0 Å². The summed E-state index contributed by atoms with van der Waals surface area (Å²) in [6, 6.07) is 12.5. The predicted octanol–water partition coefficient (Wildman–Crippen LogP) is 4.11. The maximum absolute atomic E-state index is 5.79. The Kier molecular flexibility index (Phi) is 3.07. The lowest BCUT2D eigenvalue weighted by Crippen LogP contribution is -2.12. The average molecular weight is 265 g/mol. The summed E-state index contributed by atoms with van der Waals surface area (Å²) >= 11 is 0. The van der Waals surface area contributed by atoms with E-state index in [0.717, 1.165) is 22.3 Å². The maximum atomic E-state index is 5.79. The van der Waals surface area contributed by atoms with Crippen molar-refractivity contribution in [3.63, 3.8) is 0 Å². The molecule has 2 aromatic carbocycles. The van der Waals surface area contributed by atoms with Gasteiger partial charge in [-0.1, -0.05) is 50.2 Å². The molecule has 0 radical (unpaired) electrons. The second-order valence-electron chi connectivity index (χ2n) is 5.47. The quantitative estimate of drug-likeness (QED) is 0.416. The van der Waals surface area contributed by atoms with Crippen molar-refractivity contribution in [2.24, 2.45) is 5.84 Å². The number of pyridine rings is 1. The third-order valence-electron chi connectivity index (χ3n) is 3.83. The highest BCUT2D eigenvalue weighted by atomic mass is 15.2. The zero-order valence-electron chi connectivity index (χ0n) is 12.1. The molecule has 0 spiro atoms. The number of aryl methyl sites for hydroxylation is 1. The summed E-state index contributed by atoms with van der Waals surface area (Å²) in [5.74, 6) is 6.17. The number of hydrogen-bond donors (Lipinski definition) is 2. The third kappa shape index (κ3) is 1.82. The van der Waals surface area contributed by atoms with E-state index in [4.69, 9.17) is 10.8 Å². The topological polar surface area (TPSA) is 50.9 Å². The number of anilines is 1. The number of aromatic nitrogens is 1. The number of nitrogens with two attached hydrogens (primary N) is 1. The molecule has 0 unspecified atom stereocenters. The van der Waals surface area contributed by atoms with Crippen LogP contribution in [0.25, 0.3) is 21.7 Å². The smallest absolute Gasteiger partial charge is 0.0804 e. The number of nitrogens with zero attached hydrogens (tertiary/aromatic N) is 1. The predicted molar refractivity (Wildman–Crippen MR) is 85.9 cm³/mol. The van der Waals surface area contributed by atoms with E-state index in [0.29, 0.717) is 5.92 Å². The van der Waals surface area contributed by atoms with Crippen LogP contribution >= 0.6 is 0 Å². The van der Waals surface area contributed by atoms with Crippen LogP contribution in [0.3, 0.4) is 0 Å². The van der Waals surface area contributed by atoms with Crippen molar-refractivity contribution >= 4 is 27.4 Å². The summed E-state index contributed by atoms with van der Waals surface area (Å²) in [4.78, 5) is 4.84. The van der Waals surface area contributed by atoms with Crippen LogP contribution in [0.1, 0.15) is 31.0 Å². The van der Waals surface area contributed by atoms with E-state index >= 15 is 0 Å². The molecule has 1 heterocycles. The van der Waals surface area contributed by atoms with Crippen LogP contribution in [0.2, 0.25) is 0 Å². The molecule has 0 aliphatic carbocycles. The Morgan fingerprint density at radius 1 is 1.05 bits per heavy atom. The van der Waals surface area contributed by atoms with Gasteiger partial charge in [0, 0.05) is 22.0 Å². The molecule has 0 saturated heterocycles. The van der Waals surface area contributed by atoms with Gasteiger partial charge >= 0.3 is 0 Å². The normalized spacial score (nSPS) is 11.4. The highest BCUT2D eigenvalue weighted by molar-refractivity contribution is 6.09. The Morgan fingerprint density at radius 3 is 2.50 bits per heavy atom. The lowest BCUT2D eigenvalue weighted by Gasteiger charge is -2.18. The number of hydrazine groups is 1. The van der Waals surface area contributed by atoms with Gasteiger partial charge in [-0.05, 0) is 18.2 Å². The molecule has 3 heteroatoms. The van der Waals surface area contributed by atoms with Crippen LogP contribution < -0.4 is 11.3 Å². The first-order valence-electron chi connectivity index (χ1n) is 6.92. The molecule has 3 N–H and O–H groups in total. The molecule has 3 rings (SSSR count). The molecule has 0 aliphatic heterocycles. The summed E-state index contributed by atoms with van der Waals surface area (Å²) in [6.07, 6.45) is 0. The summed E-state index contributed by atoms with van der Waals surface area (Å²) in [7, 11) is 0. The molecular formula is C17H19N3. The summed E-state index contributed by atoms with van der Waals surface area (Å²) in [5, 5.41) is 3.45. The molecule has 0 amide bonds. The Labute approximate surface area is 118 Å². The average Bonchev–Trinajstić information content (AvgIpc) is 2.45. The van der Waals surface area contributed by atoms with Crippen molar-refractivity contribution in [3.8, 4) is 0 Å². The van der Waals surface area contributed by atoms with Gasteiger partial charge < -0.3 is 5.43 Å².